The van der Waals surface area contributed by atoms with Crippen molar-refractivity contribution in [3.63, 3.8) is 0 Å². The standard InChI is InChI=1S/C25H22ClN7O2/c1-2-21(34)31-16-7-9-28-19(12-16)22-17(26)6-5-15-13-30-25(33-23(15)22)32-18-4-3-8-29-24(18)20-14-27-10-11-35-20/h2-9,12-13,20,27H,1,10-11,14H2,(H,28,31,34)(H,30,32,33). The molecule has 0 aliphatic carbocycles. The van der Waals surface area contributed by atoms with Crippen LogP contribution in [-0.2, 0) is 9.53 Å². The van der Waals surface area contributed by atoms with Crippen LogP contribution >= 0.6 is 11.6 Å². The molecule has 1 saturated heterocycles. The third kappa shape index (κ3) is 4.97. The number of pyridine rings is 2. The third-order valence-electron chi connectivity index (χ3n) is 5.49. The molecule has 1 aromatic carbocycles. The molecular formula is C25H22ClN7O2. The van der Waals surface area contributed by atoms with E-state index in [-0.39, 0.29) is 12.0 Å². The summed E-state index contributed by atoms with van der Waals surface area (Å²) in [5, 5.41) is 10.6. The van der Waals surface area contributed by atoms with Crippen LogP contribution in [0.2, 0.25) is 5.02 Å². The molecule has 0 spiro atoms. The summed E-state index contributed by atoms with van der Waals surface area (Å²) in [6, 6.07) is 10.8. The highest BCUT2D eigenvalue weighted by atomic mass is 35.5. The lowest BCUT2D eigenvalue weighted by atomic mass is 10.1. The number of nitrogens with one attached hydrogen (secondary N) is 3. The molecule has 1 fully saturated rings. The number of ether oxygens (including phenoxy) is 1. The van der Waals surface area contributed by atoms with Crippen molar-refractivity contribution in [1.29, 1.82) is 0 Å². The van der Waals surface area contributed by atoms with Gasteiger partial charge in [0.05, 0.1) is 34.2 Å². The molecule has 0 bridgehead atoms. The van der Waals surface area contributed by atoms with Crippen LogP contribution in [0.3, 0.4) is 0 Å². The van der Waals surface area contributed by atoms with Crippen molar-refractivity contribution in [2.75, 3.05) is 30.3 Å². The second kappa shape index (κ2) is 10.1. The first kappa shape index (κ1) is 22.9. The second-order valence-electron chi connectivity index (χ2n) is 7.80. The Morgan fingerprint density at radius 3 is 2.94 bits per heavy atom. The summed E-state index contributed by atoms with van der Waals surface area (Å²) in [5.74, 6) is 0.0690. The van der Waals surface area contributed by atoms with Crippen molar-refractivity contribution in [2.24, 2.45) is 0 Å². The van der Waals surface area contributed by atoms with Gasteiger partial charge in [-0.3, -0.25) is 14.8 Å². The summed E-state index contributed by atoms with van der Waals surface area (Å²) < 4.78 is 5.88. The number of fused-ring (bicyclic) bond motifs is 1. The molecule has 3 aromatic heterocycles. The number of anilines is 3. The molecule has 4 heterocycles. The molecule has 5 rings (SSSR count). The number of carbonyl (C=O) groups is 1. The number of morpholine rings is 1. The fraction of sp³-hybridized carbons (Fsp3) is 0.160. The number of halogens is 1. The minimum absolute atomic E-state index is 0.171. The van der Waals surface area contributed by atoms with Gasteiger partial charge < -0.3 is 20.7 Å². The number of hydrogen-bond donors (Lipinski definition) is 3. The van der Waals surface area contributed by atoms with E-state index in [4.69, 9.17) is 21.3 Å². The Morgan fingerprint density at radius 2 is 2.11 bits per heavy atom. The first-order valence-corrected chi connectivity index (χ1v) is 11.4. The summed E-state index contributed by atoms with van der Waals surface area (Å²) in [6.45, 7) is 5.59. The quantitative estimate of drug-likeness (QED) is 0.345. The molecule has 35 heavy (non-hydrogen) atoms. The van der Waals surface area contributed by atoms with Crippen LogP contribution in [0.15, 0.2) is 67.6 Å². The van der Waals surface area contributed by atoms with Gasteiger partial charge in [0, 0.05) is 48.3 Å². The minimum Gasteiger partial charge on any atom is -0.369 e. The summed E-state index contributed by atoms with van der Waals surface area (Å²) in [6.07, 6.45) is 6.10. The minimum atomic E-state index is -0.315. The van der Waals surface area contributed by atoms with Gasteiger partial charge in [-0.1, -0.05) is 18.2 Å². The van der Waals surface area contributed by atoms with Crippen LogP contribution in [0.4, 0.5) is 17.3 Å². The van der Waals surface area contributed by atoms with Gasteiger partial charge in [0.25, 0.3) is 0 Å². The van der Waals surface area contributed by atoms with Gasteiger partial charge in [-0.15, -0.1) is 0 Å². The first-order chi connectivity index (χ1) is 17.1. The third-order valence-corrected chi connectivity index (χ3v) is 5.80. The normalized spacial score (nSPS) is 15.5. The number of carbonyl (C=O) groups excluding carboxylic acids is 1. The van der Waals surface area contributed by atoms with E-state index < -0.39 is 0 Å². The maximum atomic E-state index is 11.7. The van der Waals surface area contributed by atoms with Crippen molar-refractivity contribution in [2.45, 2.75) is 6.10 Å². The van der Waals surface area contributed by atoms with Crippen molar-refractivity contribution >= 4 is 45.7 Å². The van der Waals surface area contributed by atoms with Crippen LogP contribution < -0.4 is 16.0 Å². The Balaban J connectivity index is 1.53. The van der Waals surface area contributed by atoms with Crippen molar-refractivity contribution in [3.05, 3.63) is 78.4 Å². The van der Waals surface area contributed by atoms with Crippen molar-refractivity contribution < 1.29 is 9.53 Å². The second-order valence-corrected chi connectivity index (χ2v) is 8.21. The molecule has 1 amide bonds. The Hall–Kier alpha value is -3.92. The molecule has 176 valence electrons. The van der Waals surface area contributed by atoms with E-state index in [2.05, 4.69) is 37.5 Å². The molecule has 9 nitrogen and oxygen atoms in total. The van der Waals surface area contributed by atoms with E-state index in [1.54, 1.807) is 36.8 Å². The molecule has 0 radical (unpaired) electrons. The first-order valence-electron chi connectivity index (χ1n) is 11.0. The average Bonchev–Trinajstić information content (AvgIpc) is 2.89. The van der Waals surface area contributed by atoms with Gasteiger partial charge in [0.15, 0.2) is 0 Å². The topological polar surface area (TPSA) is 114 Å². The fourth-order valence-electron chi connectivity index (χ4n) is 3.86. The number of aromatic nitrogens is 4. The van der Waals surface area contributed by atoms with Crippen LogP contribution in [0.5, 0.6) is 0 Å². The van der Waals surface area contributed by atoms with E-state index in [0.717, 1.165) is 23.3 Å². The maximum absolute atomic E-state index is 11.7. The molecule has 1 atom stereocenters. The van der Waals surface area contributed by atoms with Crippen LogP contribution in [0.1, 0.15) is 11.8 Å². The molecular weight excluding hydrogens is 466 g/mol. The Morgan fingerprint density at radius 1 is 1.20 bits per heavy atom. The van der Waals surface area contributed by atoms with Crippen molar-refractivity contribution in [1.82, 2.24) is 25.3 Å². The van der Waals surface area contributed by atoms with E-state index in [1.807, 2.05) is 18.2 Å². The highest BCUT2D eigenvalue weighted by molar-refractivity contribution is 6.34. The lowest BCUT2D eigenvalue weighted by Gasteiger charge is -2.24. The van der Waals surface area contributed by atoms with E-state index in [1.165, 1.54) is 6.08 Å². The van der Waals surface area contributed by atoms with Gasteiger partial charge >= 0.3 is 0 Å². The monoisotopic (exact) mass is 487 g/mol. The number of rotatable bonds is 6. The van der Waals surface area contributed by atoms with E-state index in [9.17, 15) is 4.79 Å². The van der Waals surface area contributed by atoms with Crippen LogP contribution in [-0.4, -0.2) is 45.5 Å². The molecule has 3 N–H and O–H groups in total. The zero-order valence-electron chi connectivity index (χ0n) is 18.7. The maximum Gasteiger partial charge on any atom is 0.247 e. The zero-order chi connectivity index (χ0) is 24.2. The van der Waals surface area contributed by atoms with E-state index >= 15 is 0 Å². The lowest BCUT2D eigenvalue weighted by Crippen LogP contribution is -2.34. The number of amides is 1. The Bertz CT molecular complexity index is 1410. The fourth-order valence-corrected chi connectivity index (χ4v) is 4.11. The number of hydrogen-bond acceptors (Lipinski definition) is 8. The Labute approximate surface area is 206 Å². The van der Waals surface area contributed by atoms with Gasteiger partial charge in [-0.2, -0.15) is 0 Å². The van der Waals surface area contributed by atoms with Gasteiger partial charge in [0.1, 0.15) is 6.10 Å². The molecule has 4 aromatic rings. The summed E-state index contributed by atoms with van der Waals surface area (Å²) in [7, 11) is 0. The van der Waals surface area contributed by atoms with Gasteiger partial charge in [-0.25, -0.2) is 9.97 Å². The highest BCUT2D eigenvalue weighted by Gasteiger charge is 2.21. The van der Waals surface area contributed by atoms with Crippen LogP contribution in [0, 0.1) is 0 Å². The number of nitrogens with zero attached hydrogens (tertiary/aromatic N) is 4. The smallest absolute Gasteiger partial charge is 0.247 e. The summed E-state index contributed by atoms with van der Waals surface area (Å²) >= 11 is 6.60. The molecule has 10 heteroatoms. The summed E-state index contributed by atoms with van der Waals surface area (Å²) in [5.41, 5.74) is 3.93. The van der Waals surface area contributed by atoms with Gasteiger partial charge in [-0.05, 0) is 42.5 Å². The summed E-state index contributed by atoms with van der Waals surface area (Å²) in [4.78, 5) is 30.0. The Kier molecular flexibility index (Phi) is 6.62. The largest absolute Gasteiger partial charge is 0.369 e. The van der Waals surface area contributed by atoms with Gasteiger partial charge in [0.2, 0.25) is 11.9 Å². The predicted octanol–water partition coefficient (Wildman–Crippen LogP) is 4.27. The molecule has 0 saturated carbocycles. The molecule has 1 aliphatic rings. The van der Waals surface area contributed by atoms with Crippen LogP contribution in [0.25, 0.3) is 22.2 Å². The molecule has 1 unspecified atom stereocenters. The van der Waals surface area contributed by atoms with E-state index in [0.29, 0.717) is 46.6 Å². The lowest BCUT2D eigenvalue weighted by molar-refractivity contribution is -0.111. The highest BCUT2D eigenvalue weighted by Crippen LogP contribution is 2.35. The SMILES string of the molecule is C=CC(=O)Nc1ccnc(-c2c(Cl)ccc3cnc(Nc4cccnc4C4CNCCO4)nc23)c1. The number of benzene rings is 1. The zero-order valence-corrected chi connectivity index (χ0v) is 19.4. The van der Waals surface area contributed by atoms with Crippen molar-refractivity contribution in [3.8, 4) is 11.3 Å². The predicted molar refractivity (Wildman–Crippen MR) is 136 cm³/mol. The average molecular weight is 488 g/mol. The molecule has 1 aliphatic heterocycles.